The summed E-state index contributed by atoms with van der Waals surface area (Å²) in [5.41, 5.74) is 3.24. The first-order chi connectivity index (χ1) is 12.1. The Labute approximate surface area is 148 Å². The number of rotatable bonds is 6. The fourth-order valence-electron chi connectivity index (χ4n) is 3.48. The number of piperazine rings is 1. The third-order valence-corrected chi connectivity index (χ3v) is 4.78. The van der Waals surface area contributed by atoms with Gasteiger partial charge in [0, 0.05) is 51.1 Å². The molecule has 134 valence electrons. The van der Waals surface area contributed by atoms with Gasteiger partial charge in [-0.15, -0.1) is 0 Å². The number of aliphatic hydroxyl groups excluding tert-OH is 1. The van der Waals surface area contributed by atoms with Crippen LogP contribution in [0, 0.1) is 12.7 Å². The van der Waals surface area contributed by atoms with Crippen molar-refractivity contribution in [3.8, 4) is 0 Å². The van der Waals surface area contributed by atoms with E-state index in [1.807, 2.05) is 31.2 Å². The molecular formula is C20H26FN3O. The molecule has 2 aromatic rings. The number of aryl methyl sites for hydroxylation is 1. The minimum atomic E-state index is -0.197. The highest BCUT2D eigenvalue weighted by Crippen LogP contribution is 2.18. The summed E-state index contributed by atoms with van der Waals surface area (Å²) in [6.45, 7) is 6.65. The van der Waals surface area contributed by atoms with Crippen LogP contribution in [-0.2, 0) is 13.1 Å². The largest absolute Gasteiger partial charge is 0.396 e. The standard InChI is InChI=1S/C20H26FN3O/c1-16-3-2-4-19(22-16)14-24-11-10-23(15-20(24)9-12-25)13-17-5-7-18(21)8-6-17/h2-8,20,25H,9-15H2,1H3/t20-/m0/s1. The van der Waals surface area contributed by atoms with E-state index in [1.54, 1.807) is 0 Å². The first-order valence-corrected chi connectivity index (χ1v) is 8.88. The van der Waals surface area contributed by atoms with Gasteiger partial charge in [-0.3, -0.25) is 14.8 Å². The van der Waals surface area contributed by atoms with Gasteiger partial charge in [0.2, 0.25) is 0 Å². The molecule has 0 bridgehead atoms. The zero-order chi connectivity index (χ0) is 17.6. The van der Waals surface area contributed by atoms with E-state index in [1.165, 1.54) is 12.1 Å². The van der Waals surface area contributed by atoms with E-state index in [0.29, 0.717) is 6.04 Å². The molecule has 0 aliphatic carbocycles. The van der Waals surface area contributed by atoms with E-state index >= 15 is 0 Å². The zero-order valence-corrected chi connectivity index (χ0v) is 14.7. The lowest BCUT2D eigenvalue weighted by Crippen LogP contribution is -2.52. The van der Waals surface area contributed by atoms with E-state index in [9.17, 15) is 9.50 Å². The minimum absolute atomic E-state index is 0.187. The average Bonchev–Trinajstić information content (AvgIpc) is 2.59. The van der Waals surface area contributed by atoms with Crippen LogP contribution < -0.4 is 0 Å². The van der Waals surface area contributed by atoms with Gasteiger partial charge in [0.25, 0.3) is 0 Å². The van der Waals surface area contributed by atoms with E-state index in [0.717, 1.165) is 56.1 Å². The Bertz CT molecular complexity index is 677. The molecule has 25 heavy (non-hydrogen) atoms. The van der Waals surface area contributed by atoms with E-state index in [-0.39, 0.29) is 12.4 Å². The number of halogens is 1. The molecule has 0 unspecified atom stereocenters. The molecule has 1 aromatic heterocycles. The molecular weight excluding hydrogens is 317 g/mol. The fraction of sp³-hybridized carbons (Fsp3) is 0.450. The predicted molar refractivity (Wildman–Crippen MR) is 96.6 cm³/mol. The summed E-state index contributed by atoms with van der Waals surface area (Å²) in [6, 6.07) is 13.1. The van der Waals surface area contributed by atoms with Gasteiger partial charge in [0.1, 0.15) is 5.82 Å². The summed E-state index contributed by atoms with van der Waals surface area (Å²) in [5, 5.41) is 9.45. The Morgan fingerprint density at radius 1 is 1.12 bits per heavy atom. The smallest absolute Gasteiger partial charge is 0.123 e. The van der Waals surface area contributed by atoms with Crippen molar-refractivity contribution < 1.29 is 9.50 Å². The number of nitrogens with zero attached hydrogens (tertiary/aromatic N) is 3. The fourth-order valence-corrected chi connectivity index (χ4v) is 3.48. The Balaban J connectivity index is 1.62. The van der Waals surface area contributed by atoms with Crippen molar-refractivity contribution in [2.45, 2.75) is 32.5 Å². The summed E-state index contributed by atoms with van der Waals surface area (Å²) in [6.07, 6.45) is 0.756. The lowest BCUT2D eigenvalue weighted by atomic mass is 10.1. The molecule has 0 radical (unpaired) electrons. The third kappa shape index (κ3) is 5.08. The second kappa shape index (κ2) is 8.52. The van der Waals surface area contributed by atoms with Crippen molar-refractivity contribution in [1.29, 1.82) is 0 Å². The highest BCUT2D eigenvalue weighted by atomic mass is 19.1. The second-order valence-corrected chi connectivity index (χ2v) is 6.77. The van der Waals surface area contributed by atoms with E-state index in [4.69, 9.17) is 0 Å². The van der Waals surface area contributed by atoms with Gasteiger partial charge < -0.3 is 5.11 Å². The van der Waals surface area contributed by atoms with E-state index < -0.39 is 0 Å². The van der Waals surface area contributed by atoms with Gasteiger partial charge in [-0.2, -0.15) is 0 Å². The van der Waals surface area contributed by atoms with Crippen LogP contribution in [0.3, 0.4) is 0 Å². The van der Waals surface area contributed by atoms with Gasteiger partial charge in [0.15, 0.2) is 0 Å². The Morgan fingerprint density at radius 3 is 2.64 bits per heavy atom. The number of pyridine rings is 1. The van der Waals surface area contributed by atoms with Crippen molar-refractivity contribution in [3.05, 3.63) is 65.2 Å². The molecule has 1 aliphatic heterocycles. The van der Waals surface area contributed by atoms with Gasteiger partial charge in [-0.1, -0.05) is 18.2 Å². The third-order valence-electron chi connectivity index (χ3n) is 4.78. The summed E-state index contributed by atoms with van der Waals surface area (Å²) in [7, 11) is 0. The molecule has 1 fully saturated rings. The Hall–Kier alpha value is -1.82. The summed E-state index contributed by atoms with van der Waals surface area (Å²) < 4.78 is 13.1. The molecule has 1 atom stereocenters. The van der Waals surface area contributed by atoms with Gasteiger partial charge in [-0.05, 0) is 43.2 Å². The number of hydrogen-bond acceptors (Lipinski definition) is 4. The molecule has 5 heteroatoms. The second-order valence-electron chi connectivity index (χ2n) is 6.77. The highest BCUT2D eigenvalue weighted by Gasteiger charge is 2.26. The quantitative estimate of drug-likeness (QED) is 0.875. The normalized spacial score (nSPS) is 19.2. The molecule has 1 aliphatic rings. The van der Waals surface area contributed by atoms with Gasteiger partial charge in [0.05, 0.1) is 5.69 Å². The van der Waals surface area contributed by atoms with Crippen molar-refractivity contribution in [1.82, 2.24) is 14.8 Å². The zero-order valence-electron chi connectivity index (χ0n) is 14.7. The first kappa shape index (κ1) is 18.0. The van der Waals surface area contributed by atoms with Crippen LogP contribution in [0.25, 0.3) is 0 Å². The number of benzene rings is 1. The van der Waals surface area contributed by atoms with Gasteiger partial charge in [-0.25, -0.2) is 4.39 Å². The highest BCUT2D eigenvalue weighted by molar-refractivity contribution is 5.16. The lowest BCUT2D eigenvalue weighted by Gasteiger charge is -2.41. The number of aromatic nitrogens is 1. The van der Waals surface area contributed by atoms with Crippen LogP contribution in [0.1, 0.15) is 23.4 Å². The number of aliphatic hydroxyl groups is 1. The summed E-state index contributed by atoms with van der Waals surface area (Å²) >= 11 is 0. The van der Waals surface area contributed by atoms with Crippen LogP contribution in [0.2, 0.25) is 0 Å². The monoisotopic (exact) mass is 343 g/mol. The van der Waals surface area contributed by atoms with Crippen molar-refractivity contribution in [2.75, 3.05) is 26.2 Å². The van der Waals surface area contributed by atoms with Crippen LogP contribution in [0.15, 0.2) is 42.5 Å². The SMILES string of the molecule is Cc1cccc(CN2CCN(Cc3ccc(F)cc3)C[C@@H]2CCO)n1. The Morgan fingerprint density at radius 2 is 1.92 bits per heavy atom. The first-order valence-electron chi connectivity index (χ1n) is 8.88. The molecule has 0 amide bonds. The van der Waals surface area contributed by atoms with Crippen molar-refractivity contribution in [2.24, 2.45) is 0 Å². The molecule has 1 aromatic carbocycles. The molecule has 4 nitrogen and oxygen atoms in total. The molecule has 3 rings (SSSR count). The minimum Gasteiger partial charge on any atom is -0.396 e. The molecule has 1 N–H and O–H groups in total. The summed E-state index contributed by atoms with van der Waals surface area (Å²) in [4.78, 5) is 9.40. The molecule has 0 saturated carbocycles. The molecule has 2 heterocycles. The maximum atomic E-state index is 13.1. The van der Waals surface area contributed by atoms with Crippen LogP contribution in [0.5, 0.6) is 0 Å². The van der Waals surface area contributed by atoms with Crippen molar-refractivity contribution >= 4 is 0 Å². The lowest BCUT2D eigenvalue weighted by molar-refractivity contribution is 0.0491. The molecule has 0 spiro atoms. The predicted octanol–water partition coefficient (Wildman–Crippen LogP) is 2.60. The Kier molecular flexibility index (Phi) is 6.13. The number of hydrogen-bond donors (Lipinski definition) is 1. The molecule has 1 saturated heterocycles. The van der Waals surface area contributed by atoms with Gasteiger partial charge >= 0.3 is 0 Å². The van der Waals surface area contributed by atoms with Crippen LogP contribution >= 0.6 is 0 Å². The van der Waals surface area contributed by atoms with E-state index in [2.05, 4.69) is 20.9 Å². The summed E-state index contributed by atoms with van der Waals surface area (Å²) in [5.74, 6) is -0.197. The maximum absolute atomic E-state index is 13.1. The van der Waals surface area contributed by atoms with Crippen LogP contribution in [-0.4, -0.2) is 52.2 Å². The average molecular weight is 343 g/mol. The maximum Gasteiger partial charge on any atom is 0.123 e. The van der Waals surface area contributed by atoms with Crippen LogP contribution in [0.4, 0.5) is 4.39 Å². The topological polar surface area (TPSA) is 39.6 Å². The van der Waals surface area contributed by atoms with Crippen molar-refractivity contribution in [3.63, 3.8) is 0 Å².